The number of para-hydroxylation sites is 4. The van der Waals surface area contributed by atoms with Gasteiger partial charge in [0.15, 0.2) is 11.2 Å². The highest BCUT2D eigenvalue weighted by Crippen LogP contribution is 2.58. The van der Waals surface area contributed by atoms with Crippen LogP contribution in [0.25, 0.3) is 43.9 Å². The van der Waals surface area contributed by atoms with Crippen LogP contribution in [-0.4, -0.2) is 16.1 Å². The fraction of sp³-hybridized carbons (Fsp3) is 0.219. The van der Waals surface area contributed by atoms with Gasteiger partial charge >= 0.3 is 0 Å². The van der Waals surface area contributed by atoms with Crippen LogP contribution in [-0.2, 0) is 0 Å². The van der Waals surface area contributed by atoms with Gasteiger partial charge < -0.3 is 18.6 Å². The van der Waals surface area contributed by atoms with Gasteiger partial charge in [0.1, 0.15) is 11.2 Å². The second-order valence-corrected chi connectivity index (χ2v) is 32.6. The maximum absolute atomic E-state index is 6.90. The first-order valence-corrected chi connectivity index (χ1v) is 32.3. The summed E-state index contributed by atoms with van der Waals surface area (Å²) in [4.78, 5) is 5.03. The zero-order valence-corrected chi connectivity index (χ0v) is 44.2. The minimum atomic E-state index is -1.58. The van der Waals surface area contributed by atoms with E-state index in [1.165, 1.54) is 55.2 Å². The van der Waals surface area contributed by atoms with Crippen molar-refractivity contribution in [2.45, 2.75) is 67.0 Å². The lowest BCUT2D eigenvalue weighted by Crippen LogP contribution is -2.39. The summed E-state index contributed by atoms with van der Waals surface area (Å²) in [5, 5.41) is 7.40. The predicted octanol–water partition coefficient (Wildman–Crippen LogP) is 16.9. The molecule has 0 spiro atoms. The summed E-state index contributed by atoms with van der Waals surface area (Å²) in [5.41, 5.74) is 18.6. The molecule has 2 atom stereocenters. The normalized spacial score (nSPS) is 18.0. The van der Waals surface area contributed by atoms with Gasteiger partial charge in [0.25, 0.3) is 0 Å². The largest absolute Gasteiger partial charge is 0.454 e. The van der Waals surface area contributed by atoms with E-state index < -0.39 is 16.1 Å². The predicted molar refractivity (Wildman–Crippen MR) is 303 cm³/mol. The van der Waals surface area contributed by atoms with Crippen LogP contribution in [0.15, 0.2) is 224 Å². The van der Waals surface area contributed by atoms with Gasteiger partial charge in [-0.25, -0.2) is 0 Å². The van der Waals surface area contributed by atoms with Crippen molar-refractivity contribution in [2.75, 3.05) is 9.80 Å². The lowest BCUT2D eigenvalue weighted by atomic mass is 9.59. The molecule has 0 bridgehead atoms. The molecule has 4 aliphatic rings. The van der Waals surface area contributed by atoms with E-state index in [-0.39, 0.29) is 23.7 Å². The molecule has 70 heavy (non-hydrogen) atoms. The zero-order valence-electron chi connectivity index (χ0n) is 42.2. The Kier molecular flexibility index (Phi) is 10.4. The van der Waals surface area contributed by atoms with E-state index in [2.05, 4.69) is 247 Å². The van der Waals surface area contributed by atoms with Crippen LogP contribution >= 0.6 is 0 Å². The highest BCUT2D eigenvalue weighted by molar-refractivity contribution is 6.89. The molecule has 0 aliphatic heterocycles. The van der Waals surface area contributed by atoms with Gasteiger partial charge in [-0.15, -0.1) is 0 Å². The maximum atomic E-state index is 6.90. The molecule has 348 valence electrons. The van der Waals surface area contributed by atoms with Gasteiger partial charge in [-0.3, -0.25) is 0 Å². The fourth-order valence-corrected chi connectivity index (χ4v) is 14.1. The average molecular weight is 947 g/mol. The second kappa shape index (κ2) is 16.4. The topological polar surface area (TPSA) is 32.8 Å². The summed E-state index contributed by atoms with van der Waals surface area (Å²) in [6, 6.07) is 49.1. The Labute approximate surface area is 415 Å². The van der Waals surface area contributed by atoms with Crippen molar-refractivity contribution in [2.24, 2.45) is 23.7 Å². The molecule has 12 rings (SSSR count). The Morgan fingerprint density at radius 1 is 0.457 bits per heavy atom. The third-order valence-electron chi connectivity index (χ3n) is 15.4. The summed E-state index contributed by atoms with van der Waals surface area (Å²) in [5.74, 6) is 0.715. The molecule has 6 heteroatoms. The van der Waals surface area contributed by atoms with Gasteiger partial charge in [-0.1, -0.05) is 187 Å². The Morgan fingerprint density at radius 2 is 0.929 bits per heavy atom. The highest BCUT2D eigenvalue weighted by atomic mass is 28.3. The van der Waals surface area contributed by atoms with E-state index >= 15 is 0 Å². The van der Waals surface area contributed by atoms with E-state index in [4.69, 9.17) is 8.83 Å². The molecule has 2 unspecified atom stereocenters. The zero-order chi connectivity index (χ0) is 48.4. The van der Waals surface area contributed by atoms with E-state index in [0.717, 1.165) is 66.6 Å². The standard InChI is InChI=1S/C64H62N2O2Si2/c1-39(2)53-37-57(65(41-25-29-43(30-26-41)69(5,6)7)55-21-15-19-49-45-17-11-13-23-59(45)67-63(49)55)51-36-34-48-54(40(3)4)38-58(52-35-33-47(53)61(51)62(48)52)66(42-27-31-44(32-28-42)70(8,9)10)56-22-16-20-50-46-18-12-14-24-60(46)68-64(50)56/h11-40,61-62H,1-10H3. The molecular formula is C64H62N2O2Si2. The molecule has 4 nitrogen and oxygen atoms in total. The lowest BCUT2D eigenvalue weighted by Gasteiger charge is -2.48. The number of benzene rings is 6. The second-order valence-electron chi connectivity index (χ2n) is 22.5. The third kappa shape index (κ3) is 7.05. The van der Waals surface area contributed by atoms with Crippen LogP contribution in [0.3, 0.4) is 0 Å². The Morgan fingerprint density at radius 3 is 1.46 bits per heavy atom. The molecule has 0 radical (unpaired) electrons. The molecule has 0 fully saturated rings. The third-order valence-corrected chi connectivity index (χ3v) is 19.5. The number of nitrogens with zero attached hydrogens (tertiary/aromatic N) is 2. The monoisotopic (exact) mass is 946 g/mol. The molecule has 6 aromatic carbocycles. The van der Waals surface area contributed by atoms with Crippen molar-refractivity contribution in [3.8, 4) is 0 Å². The number of fused-ring (bicyclic) bond motifs is 6. The molecule has 2 aromatic heterocycles. The van der Waals surface area contributed by atoms with Crippen LogP contribution in [0.2, 0.25) is 39.3 Å². The van der Waals surface area contributed by atoms with Gasteiger partial charge in [0, 0.05) is 44.8 Å². The van der Waals surface area contributed by atoms with Crippen molar-refractivity contribution in [1.29, 1.82) is 0 Å². The molecule has 0 N–H and O–H groups in total. The van der Waals surface area contributed by atoms with Crippen molar-refractivity contribution in [1.82, 2.24) is 0 Å². The molecule has 0 amide bonds. The number of hydrogen-bond acceptors (Lipinski definition) is 4. The first kappa shape index (κ1) is 44.3. The summed E-state index contributed by atoms with van der Waals surface area (Å²) in [6.07, 6.45) is 14.9. The van der Waals surface area contributed by atoms with Gasteiger partial charge in [0.2, 0.25) is 0 Å². The Bertz CT molecular complexity index is 3680. The SMILES string of the molecule is CC(C)C1=CC(N(c2ccc([Si](C)(C)C)cc2)c2cccc3c2oc2ccccc23)=C2C=CC3=C(C(C)C)C=C(N(c4ccc([Si](C)(C)C)cc4)c4cccc5c4oc4ccccc45)C4=CC=C1C2C43. The van der Waals surface area contributed by atoms with Crippen molar-refractivity contribution in [3.63, 3.8) is 0 Å². The maximum Gasteiger partial charge on any atom is 0.159 e. The molecule has 8 aromatic rings. The molecule has 2 heterocycles. The minimum Gasteiger partial charge on any atom is -0.454 e. The minimum absolute atomic E-state index is 0.0755. The molecule has 0 saturated carbocycles. The summed E-state index contributed by atoms with van der Waals surface area (Å²) >= 11 is 0. The first-order chi connectivity index (χ1) is 33.7. The van der Waals surface area contributed by atoms with Gasteiger partial charge in [-0.05, 0) is 106 Å². The van der Waals surface area contributed by atoms with Crippen LogP contribution in [0.4, 0.5) is 22.7 Å². The summed E-state index contributed by atoms with van der Waals surface area (Å²) < 4.78 is 13.8. The number of allylic oxidation sites excluding steroid dienone is 12. The fourth-order valence-electron chi connectivity index (χ4n) is 11.7. The van der Waals surface area contributed by atoms with E-state index in [9.17, 15) is 0 Å². The van der Waals surface area contributed by atoms with Crippen LogP contribution < -0.4 is 20.2 Å². The Hall–Kier alpha value is -6.87. The summed E-state index contributed by atoms with van der Waals surface area (Å²) in [6.45, 7) is 24.0. The van der Waals surface area contributed by atoms with Crippen LogP contribution in [0.1, 0.15) is 27.7 Å². The number of hydrogen-bond donors (Lipinski definition) is 0. The quantitative estimate of drug-likeness (QED) is 0.128. The van der Waals surface area contributed by atoms with Crippen molar-refractivity contribution < 1.29 is 8.83 Å². The molecule has 0 saturated heterocycles. The van der Waals surface area contributed by atoms with E-state index in [0.29, 0.717) is 0 Å². The van der Waals surface area contributed by atoms with Crippen LogP contribution in [0, 0.1) is 23.7 Å². The van der Waals surface area contributed by atoms with Gasteiger partial charge in [0.05, 0.1) is 38.9 Å². The first-order valence-electron chi connectivity index (χ1n) is 25.3. The van der Waals surface area contributed by atoms with Gasteiger partial charge in [-0.2, -0.15) is 0 Å². The Balaban J connectivity index is 1.11. The molecule has 4 aliphatic carbocycles. The van der Waals surface area contributed by atoms with Crippen molar-refractivity contribution >= 4 is 93.1 Å². The molecular weight excluding hydrogens is 885 g/mol. The average Bonchev–Trinajstić information content (AvgIpc) is 3.93. The van der Waals surface area contributed by atoms with E-state index in [1.54, 1.807) is 0 Å². The van der Waals surface area contributed by atoms with Crippen molar-refractivity contribution in [3.05, 3.63) is 215 Å². The summed E-state index contributed by atoms with van der Waals surface area (Å²) in [7, 11) is -3.16. The number of rotatable bonds is 10. The highest BCUT2D eigenvalue weighted by Gasteiger charge is 2.46. The number of furan rings is 2. The lowest BCUT2D eigenvalue weighted by molar-refractivity contribution is 0.522. The van der Waals surface area contributed by atoms with Crippen LogP contribution in [0.5, 0.6) is 0 Å². The number of anilines is 4. The smallest absolute Gasteiger partial charge is 0.159 e. The van der Waals surface area contributed by atoms with E-state index in [1.807, 2.05) is 0 Å².